The first kappa shape index (κ1) is 33.4. The molecule has 0 saturated carbocycles. The van der Waals surface area contributed by atoms with Gasteiger partial charge < -0.3 is 18.9 Å². The highest BCUT2D eigenvalue weighted by molar-refractivity contribution is 5.66. The van der Waals surface area contributed by atoms with E-state index in [9.17, 15) is 0 Å². The molecule has 0 saturated heterocycles. The summed E-state index contributed by atoms with van der Waals surface area (Å²) < 4.78 is 23.6. The highest BCUT2D eigenvalue weighted by atomic mass is 16.5. The minimum Gasteiger partial charge on any atom is -0.493 e. The Bertz CT molecular complexity index is 1870. The van der Waals surface area contributed by atoms with E-state index in [1.807, 2.05) is 121 Å². The molecule has 0 aliphatic rings. The number of hydrogen-bond acceptors (Lipinski definition) is 6. The molecular formula is C44H36N2O4. The van der Waals surface area contributed by atoms with E-state index in [0.717, 1.165) is 69.2 Å². The van der Waals surface area contributed by atoms with Crippen molar-refractivity contribution in [1.29, 1.82) is 10.5 Å². The molecular weight excluding hydrogens is 620 g/mol. The van der Waals surface area contributed by atoms with E-state index >= 15 is 0 Å². The van der Waals surface area contributed by atoms with Crippen LogP contribution in [-0.4, -0.2) is 26.4 Å². The molecule has 0 aliphatic carbocycles. The number of nitriles is 2. The molecule has 6 rings (SSSR count). The second-order valence-electron chi connectivity index (χ2n) is 11.6. The Balaban J connectivity index is 0.858. The van der Waals surface area contributed by atoms with Gasteiger partial charge in [0, 0.05) is 12.8 Å². The molecule has 6 nitrogen and oxygen atoms in total. The van der Waals surface area contributed by atoms with Crippen LogP contribution in [0.5, 0.6) is 23.0 Å². The van der Waals surface area contributed by atoms with Crippen molar-refractivity contribution in [3.8, 4) is 68.5 Å². The topological polar surface area (TPSA) is 84.5 Å². The van der Waals surface area contributed by atoms with Crippen LogP contribution in [0.2, 0.25) is 0 Å². The van der Waals surface area contributed by atoms with Crippen molar-refractivity contribution in [1.82, 2.24) is 0 Å². The van der Waals surface area contributed by atoms with Gasteiger partial charge in [-0.2, -0.15) is 10.5 Å². The second-order valence-corrected chi connectivity index (χ2v) is 11.6. The predicted octanol–water partition coefficient (Wildman–Crippen LogP) is 10.1. The quantitative estimate of drug-likeness (QED) is 0.102. The van der Waals surface area contributed by atoms with Crippen LogP contribution < -0.4 is 18.9 Å². The maximum absolute atomic E-state index is 8.98. The molecule has 0 aromatic heterocycles. The van der Waals surface area contributed by atoms with Gasteiger partial charge in [0.1, 0.15) is 23.0 Å². The highest BCUT2D eigenvalue weighted by Gasteiger charge is 2.04. The SMILES string of the molecule is N#Cc1ccc(-c2ccc(OCCCOc3ccc(-c4ccc(OCCCOc5ccc(-c6ccc(C#N)cc6)cc5)cc4)cc3)cc2)cc1. The molecule has 0 atom stereocenters. The molecule has 0 radical (unpaired) electrons. The van der Waals surface area contributed by atoms with E-state index in [2.05, 4.69) is 36.4 Å². The summed E-state index contributed by atoms with van der Waals surface area (Å²) in [6.45, 7) is 2.24. The van der Waals surface area contributed by atoms with E-state index in [1.165, 1.54) is 0 Å². The minimum atomic E-state index is 0.561. The van der Waals surface area contributed by atoms with Gasteiger partial charge in [-0.05, 0) is 106 Å². The number of ether oxygens (including phenoxy) is 4. The fraction of sp³-hybridized carbons (Fsp3) is 0.136. The van der Waals surface area contributed by atoms with Crippen molar-refractivity contribution in [2.24, 2.45) is 0 Å². The van der Waals surface area contributed by atoms with Crippen molar-refractivity contribution in [2.75, 3.05) is 26.4 Å². The van der Waals surface area contributed by atoms with Gasteiger partial charge in [-0.3, -0.25) is 0 Å². The Morgan fingerprint density at radius 1 is 0.300 bits per heavy atom. The Hall–Kier alpha value is -6.50. The average molecular weight is 657 g/mol. The summed E-state index contributed by atoms with van der Waals surface area (Å²) in [6, 6.07) is 51.5. The summed E-state index contributed by atoms with van der Waals surface area (Å²) in [5.41, 5.74) is 7.81. The van der Waals surface area contributed by atoms with E-state index in [1.54, 1.807) is 0 Å². The maximum Gasteiger partial charge on any atom is 0.119 e. The number of rotatable bonds is 15. The molecule has 6 aromatic carbocycles. The lowest BCUT2D eigenvalue weighted by molar-refractivity contribution is 0.247. The Morgan fingerprint density at radius 3 is 0.700 bits per heavy atom. The van der Waals surface area contributed by atoms with Crippen LogP contribution in [0, 0.1) is 22.7 Å². The lowest BCUT2D eigenvalue weighted by Crippen LogP contribution is -2.05. The highest BCUT2D eigenvalue weighted by Crippen LogP contribution is 2.26. The number of hydrogen-bond donors (Lipinski definition) is 0. The second kappa shape index (κ2) is 17.1. The van der Waals surface area contributed by atoms with Crippen LogP contribution in [0.25, 0.3) is 33.4 Å². The molecule has 0 fully saturated rings. The van der Waals surface area contributed by atoms with Crippen molar-refractivity contribution in [2.45, 2.75) is 12.8 Å². The number of benzene rings is 6. The maximum atomic E-state index is 8.98. The molecule has 0 N–H and O–H groups in total. The molecule has 0 aliphatic heterocycles. The zero-order valence-corrected chi connectivity index (χ0v) is 27.6. The Morgan fingerprint density at radius 2 is 0.500 bits per heavy atom. The molecule has 246 valence electrons. The zero-order valence-electron chi connectivity index (χ0n) is 27.6. The van der Waals surface area contributed by atoms with Crippen LogP contribution in [0.1, 0.15) is 24.0 Å². The van der Waals surface area contributed by atoms with Gasteiger partial charge in [-0.1, -0.05) is 72.8 Å². The summed E-state index contributed by atoms with van der Waals surface area (Å²) >= 11 is 0. The van der Waals surface area contributed by atoms with Gasteiger partial charge in [-0.15, -0.1) is 0 Å². The third-order valence-electron chi connectivity index (χ3n) is 8.10. The zero-order chi connectivity index (χ0) is 34.4. The van der Waals surface area contributed by atoms with Crippen LogP contribution in [0.15, 0.2) is 146 Å². The van der Waals surface area contributed by atoms with Crippen LogP contribution >= 0.6 is 0 Å². The first-order valence-electron chi connectivity index (χ1n) is 16.6. The monoisotopic (exact) mass is 656 g/mol. The van der Waals surface area contributed by atoms with Gasteiger partial charge in [0.05, 0.1) is 49.7 Å². The van der Waals surface area contributed by atoms with Crippen LogP contribution in [0.3, 0.4) is 0 Å². The van der Waals surface area contributed by atoms with Crippen LogP contribution in [-0.2, 0) is 0 Å². The molecule has 0 amide bonds. The largest absolute Gasteiger partial charge is 0.493 e. The molecule has 6 heteroatoms. The molecule has 50 heavy (non-hydrogen) atoms. The van der Waals surface area contributed by atoms with Gasteiger partial charge in [0.2, 0.25) is 0 Å². The molecule has 0 bridgehead atoms. The molecule has 0 unspecified atom stereocenters. The van der Waals surface area contributed by atoms with Gasteiger partial charge >= 0.3 is 0 Å². The van der Waals surface area contributed by atoms with Gasteiger partial charge in [0.25, 0.3) is 0 Å². The minimum absolute atomic E-state index is 0.561. The van der Waals surface area contributed by atoms with Crippen molar-refractivity contribution in [3.63, 3.8) is 0 Å². The Labute approximate surface area is 293 Å². The molecule has 0 spiro atoms. The van der Waals surface area contributed by atoms with Gasteiger partial charge in [-0.25, -0.2) is 0 Å². The van der Waals surface area contributed by atoms with Gasteiger partial charge in [0.15, 0.2) is 0 Å². The predicted molar refractivity (Wildman–Crippen MR) is 196 cm³/mol. The van der Waals surface area contributed by atoms with E-state index < -0.39 is 0 Å². The third kappa shape index (κ3) is 9.31. The average Bonchev–Trinajstić information content (AvgIpc) is 3.19. The number of nitrogens with zero attached hydrogens (tertiary/aromatic N) is 2. The summed E-state index contributed by atoms with van der Waals surface area (Å²) in [7, 11) is 0. The van der Waals surface area contributed by atoms with E-state index in [4.69, 9.17) is 29.5 Å². The molecule has 0 heterocycles. The standard InChI is InChI=1S/C44H36N2O4/c45-31-33-3-7-35(8-4-33)37-11-19-41(20-12-37)47-27-1-29-49-43-23-15-39(16-24-43)40-17-25-44(26-18-40)50-30-2-28-48-42-21-13-38(14-22-42)36-9-5-34(32-46)6-10-36/h3-26H,1-2,27-30H2. The summed E-state index contributed by atoms with van der Waals surface area (Å²) in [4.78, 5) is 0. The Kier molecular flexibility index (Phi) is 11.4. The van der Waals surface area contributed by atoms with Crippen molar-refractivity contribution in [3.05, 3.63) is 157 Å². The molecule has 6 aromatic rings. The lowest BCUT2D eigenvalue weighted by Gasteiger charge is -2.10. The first-order valence-corrected chi connectivity index (χ1v) is 16.6. The third-order valence-corrected chi connectivity index (χ3v) is 8.10. The summed E-state index contributed by atoms with van der Waals surface area (Å²) in [5, 5.41) is 18.0. The van der Waals surface area contributed by atoms with Crippen molar-refractivity contribution >= 4 is 0 Å². The van der Waals surface area contributed by atoms with E-state index in [0.29, 0.717) is 37.6 Å². The lowest BCUT2D eigenvalue weighted by atomic mass is 10.0. The smallest absolute Gasteiger partial charge is 0.119 e. The van der Waals surface area contributed by atoms with Crippen LogP contribution in [0.4, 0.5) is 0 Å². The summed E-state index contributed by atoms with van der Waals surface area (Å²) in [6.07, 6.45) is 1.53. The van der Waals surface area contributed by atoms with Crippen molar-refractivity contribution < 1.29 is 18.9 Å². The first-order chi connectivity index (χ1) is 24.7. The normalized spacial score (nSPS) is 10.4. The fourth-order valence-electron chi connectivity index (χ4n) is 5.33. The summed E-state index contributed by atoms with van der Waals surface area (Å²) in [5.74, 6) is 3.28. The fourth-order valence-corrected chi connectivity index (χ4v) is 5.33. The van der Waals surface area contributed by atoms with E-state index in [-0.39, 0.29) is 0 Å².